The summed E-state index contributed by atoms with van der Waals surface area (Å²) in [4.78, 5) is 13.2. The lowest BCUT2D eigenvalue weighted by molar-refractivity contribution is -0.302. The first kappa shape index (κ1) is 89.3. The van der Waals surface area contributed by atoms with Crippen LogP contribution < -0.4 is 5.32 Å². The highest BCUT2D eigenvalue weighted by Crippen LogP contribution is 2.23. The van der Waals surface area contributed by atoms with Crippen molar-refractivity contribution in [3.63, 3.8) is 0 Å². The molecule has 6 N–H and O–H groups in total. The summed E-state index contributed by atoms with van der Waals surface area (Å²) in [6.45, 7) is 3.69. The average Bonchev–Trinajstić information content (AvgIpc) is 0.836. The molecule has 1 rings (SSSR count). The second-order valence-corrected chi connectivity index (χ2v) is 27.1. The summed E-state index contributed by atoms with van der Waals surface area (Å²) in [5, 5.41) is 54.9. The molecule has 9 nitrogen and oxygen atoms in total. The Labute approximate surface area is 585 Å². The third kappa shape index (κ3) is 61.2. The summed E-state index contributed by atoms with van der Waals surface area (Å²) >= 11 is 0. The molecule has 0 aromatic heterocycles. The Morgan fingerprint density at radius 2 is 0.653 bits per heavy atom. The molecule has 1 amide bonds. The maximum absolute atomic E-state index is 13.2. The highest BCUT2D eigenvalue weighted by Gasteiger charge is 2.44. The van der Waals surface area contributed by atoms with Crippen LogP contribution in [0.4, 0.5) is 0 Å². The van der Waals surface area contributed by atoms with Crippen LogP contribution >= 0.6 is 0 Å². The van der Waals surface area contributed by atoms with Crippen LogP contribution in [0.2, 0.25) is 0 Å². The molecule has 1 saturated heterocycles. The first-order valence-corrected chi connectivity index (χ1v) is 39.9. The smallest absolute Gasteiger partial charge is 0.220 e. The maximum Gasteiger partial charge on any atom is 0.220 e. The van der Waals surface area contributed by atoms with Crippen LogP contribution in [0.5, 0.6) is 0 Å². The van der Waals surface area contributed by atoms with Gasteiger partial charge in [0.1, 0.15) is 24.4 Å². The van der Waals surface area contributed by atoms with Gasteiger partial charge in [-0.2, -0.15) is 0 Å². The van der Waals surface area contributed by atoms with E-state index < -0.39 is 49.5 Å². The number of aliphatic hydroxyl groups excluding tert-OH is 5. The number of nitrogens with one attached hydrogen (secondary N) is 1. The van der Waals surface area contributed by atoms with Gasteiger partial charge in [0.15, 0.2) is 6.29 Å². The van der Waals surface area contributed by atoms with Gasteiger partial charge < -0.3 is 40.3 Å². The first-order chi connectivity index (χ1) is 46.8. The normalized spacial score (nSPS) is 18.2. The molecule has 7 unspecified atom stereocenters. The summed E-state index contributed by atoms with van der Waals surface area (Å²) < 4.78 is 11.3. The van der Waals surface area contributed by atoms with Crippen molar-refractivity contribution in [3.8, 4) is 0 Å². The highest BCUT2D eigenvalue weighted by atomic mass is 16.7. The molecule has 0 aliphatic carbocycles. The number of carbonyl (C=O) groups excluding carboxylic acids is 1. The molecule has 95 heavy (non-hydrogen) atoms. The molecule has 0 aromatic carbocycles. The number of hydrogen-bond acceptors (Lipinski definition) is 8. The molecule has 0 bridgehead atoms. The molecule has 1 fully saturated rings. The Bertz CT molecular complexity index is 1980. The van der Waals surface area contributed by atoms with Crippen molar-refractivity contribution in [2.75, 3.05) is 13.2 Å². The number of ether oxygens (including phenoxy) is 2. The zero-order chi connectivity index (χ0) is 68.5. The van der Waals surface area contributed by atoms with Gasteiger partial charge >= 0.3 is 0 Å². The van der Waals surface area contributed by atoms with E-state index in [9.17, 15) is 30.3 Å². The van der Waals surface area contributed by atoms with E-state index in [0.717, 1.165) is 116 Å². The summed E-state index contributed by atoms with van der Waals surface area (Å²) in [6, 6.07) is -0.821. The fourth-order valence-corrected chi connectivity index (χ4v) is 12.1. The minimum absolute atomic E-state index is 0.186. The molecule has 7 atom stereocenters. The third-order valence-corrected chi connectivity index (χ3v) is 18.2. The van der Waals surface area contributed by atoms with Crippen molar-refractivity contribution >= 4 is 5.91 Å². The Kier molecular flexibility index (Phi) is 68.7. The largest absolute Gasteiger partial charge is 0.394 e. The van der Waals surface area contributed by atoms with E-state index in [-0.39, 0.29) is 12.5 Å². The summed E-state index contributed by atoms with van der Waals surface area (Å²) in [6.07, 6.45) is 104. The van der Waals surface area contributed by atoms with Crippen molar-refractivity contribution in [2.24, 2.45) is 0 Å². The predicted molar refractivity (Wildman–Crippen MR) is 410 cm³/mol. The topological polar surface area (TPSA) is 149 Å². The van der Waals surface area contributed by atoms with Crippen molar-refractivity contribution < 1.29 is 39.8 Å². The number of hydrogen-bond donors (Lipinski definition) is 6. The van der Waals surface area contributed by atoms with Crippen molar-refractivity contribution in [3.05, 3.63) is 134 Å². The molecule has 0 spiro atoms. The van der Waals surface area contributed by atoms with Gasteiger partial charge in [0.05, 0.1) is 25.4 Å². The van der Waals surface area contributed by atoms with Gasteiger partial charge in [0, 0.05) is 6.42 Å². The van der Waals surface area contributed by atoms with Gasteiger partial charge in [-0.3, -0.25) is 4.79 Å². The van der Waals surface area contributed by atoms with E-state index in [1.165, 1.54) is 212 Å². The number of rotatable bonds is 69. The fraction of sp³-hybridized carbons (Fsp3) is 0.733. The fourth-order valence-electron chi connectivity index (χ4n) is 12.1. The van der Waals surface area contributed by atoms with Gasteiger partial charge in [-0.15, -0.1) is 0 Å². The predicted octanol–water partition coefficient (Wildman–Crippen LogP) is 23.1. The lowest BCUT2D eigenvalue weighted by Crippen LogP contribution is -2.60. The minimum Gasteiger partial charge on any atom is -0.394 e. The molecule has 1 aliphatic heterocycles. The molecular formula is C86H149NO8. The Hall–Kier alpha value is -3.67. The Morgan fingerprint density at radius 3 is 0.968 bits per heavy atom. The number of allylic oxidation sites excluding steroid dienone is 21. The van der Waals surface area contributed by atoms with Crippen molar-refractivity contribution in [1.29, 1.82) is 0 Å². The molecular weight excluding hydrogens is 1170 g/mol. The lowest BCUT2D eigenvalue weighted by atomic mass is 9.99. The maximum atomic E-state index is 13.2. The van der Waals surface area contributed by atoms with E-state index in [1.807, 2.05) is 6.08 Å². The molecule has 0 saturated carbocycles. The minimum atomic E-state index is -1.58. The Balaban J connectivity index is 2.12. The van der Waals surface area contributed by atoms with E-state index in [2.05, 4.69) is 141 Å². The molecule has 0 radical (unpaired) electrons. The number of aliphatic hydroxyl groups is 5. The van der Waals surface area contributed by atoms with Crippen LogP contribution in [-0.2, 0) is 14.3 Å². The zero-order valence-electron chi connectivity index (χ0n) is 61.4. The molecule has 546 valence electrons. The van der Waals surface area contributed by atoms with Crippen LogP contribution in [0.15, 0.2) is 134 Å². The van der Waals surface area contributed by atoms with E-state index in [4.69, 9.17) is 9.47 Å². The van der Waals surface area contributed by atoms with Crippen LogP contribution in [0.3, 0.4) is 0 Å². The summed E-state index contributed by atoms with van der Waals surface area (Å²) in [5.74, 6) is -0.186. The zero-order valence-corrected chi connectivity index (χ0v) is 61.4. The SMILES string of the molecule is CC/C=C\C/C=C\C/C=C\C/C=C\C/C=C\C/C=C\C/C=C\C/C=C\C/C=C\C/C=C\CCCCCCCCCCC(=O)NC(COC1OC(CO)C(O)C(O)C1O)C(O)/C=C/CCCCCCCCCCCCCCCCCCCCCCCCCCCCCCCCC. The molecule has 1 aliphatic rings. The highest BCUT2D eigenvalue weighted by molar-refractivity contribution is 5.76. The van der Waals surface area contributed by atoms with Crippen LogP contribution in [0.1, 0.15) is 348 Å². The first-order valence-electron chi connectivity index (χ1n) is 39.9. The van der Waals surface area contributed by atoms with Gasteiger partial charge in [-0.05, 0) is 96.3 Å². The van der Waals surface area contributed by atoms with Crippen LogP contribution in [0, 0.1) is 0 Å². The van der Waals surface area contributed by atoms with Crippen LogP contribution in [-0.4, -0.2) is 87.5 Å². The third-order valence-electron chi connectivity index (χ3n) is 18.2. The van der Waals surface area contributed by atoms with E-state index in [0.29, 0.717) is 6.42 Å². The Morgan fingerprint density at radius 1 is 0.368 bits per heavy atom. The second-order valence-electron chi connectivity index (χ2n) is 27.1. The van der Waals surface area contributed by atoms with E-state index >= 15 is 0 Å². The van der Waals surface area contributed by atoms with Crippen molar-refractivity contribution in [1.82, 2.24) is 5.32 Å². The quantitative estimate of drug-likeness (QED) is 0.0261. The monoisotopic (exact) mass is 1320 g/mol. The van der Waals surface area contributed by atoms with Gasteiger partial charge in [0.2, 0.25) is 5.91 Å². The number of unbranched alkanes of at least 4 members (excludes halogenated alkanes) is 39. The number of amides is 1. The summed E-state index contributed by atoms with van der Waals surface area (Å²) in [5.41, 5.74) is 0. The van der Waals surface area contributed by atoms with E-state index in [1.54, 1.807) is 6.08 Å². The van der Waals surface area contributed by atoms with Crippen molar-refractivity contribution in [2.45, 2.75) is 391 Å². The lowest BCUT2D eigenvalue weighted by Gasteiger charge is -2.40. The van der Waals surface area contributed by atoms with Gasteiger partial charge in [-0.1, -0.05) is 379 Å². The standard InChI is InChI=1S/C86H149NO8/c1-3-5-7-9-11-13-15-17-19-21-23-25-27-29-31-33-35-37-38-39-40-41-42-44-46-48-50-52-54-56-58-60-62-64-66-68-70-72-74-76-82(90)87-79(78-94-86-85(93)84(92)83(91)81(77-88)95-86)80(89)75-73-71-69-67-65-63-61-59-57-55-53-51-49-47-45-43-36-34-32-30-28-26-24-22-20-18-16-14-12-10-8-6-4-2/h5,7,11,13,17,19,23,25,29,31,35,37,39-40,42,44,48,50,54,56,73,75,79-81,83-86,88-89,91-93H,3-4,6,8-10,12,14-16,18,20-22,24,26-28,30,32-34,36,38,41,43,45-47,49,51-53,55,57-72,74,76-78H2,1-2H3,(H,87,90)/b7-5-,13-11-,19-17-,25-23-,31-29-,37-35-,40-39-,44-42-,50-48-,56-54-,75-73+. The van der Waals surface area contributed by atoms with Gasteiger partial charge in [-0.25, -0.2) is 0 Å². The second kappa shape index (κ2) is 73.1. The van der Waals surface area contributed by atoms with Gasteiger partial charge in [0.25, 0.3) is 0 Å². The van der Waals surface area contributed by atoms with Crippen LogP contribution in [0.25, 0.3) is 0 Å². The summed E-state index contributed by atoms with van der Waals surface area (Å²) in [7, 11) is 0. The molecule has 0 aromatic rings. The molecule has 1 heterocycles. The molecule has 9 heteroatoms. The average molecular weight is 1330 g/mol. The number of carbonyl (C=O) groups is 1.